The Labute approximate surface area is 43.2 Å². The summed E-state index contributed by atoms with van der Waals surface area (Å²) in [5.41, 5.74) is 0. The Hall–Kier alpha value is -0.370. The third-order valence-electron chi connectivity index (χ3n) is 1.16. The van der Waals surface area contributed by atoms with E-state index in [1.165, 1.54) is 0 Å². The summed E-state index contributed by atoms with van der Waals surface area (Å²) in [6.07, 6.45) is 1.06. The molecule has 1 rings (SSSR count). The van der Waals surface area contributed by atoms with Crippen LogP contribution >= 0.6 is 0 Å². The van der Waals surface area contributed by atoms with Crippen LogP contribution in [0.3, 0.4) is 0 Å². The minimum absolute atomic E-state index is 0.389. The molecule has 2 nitrogen and oxygen atoms in total. The molecule has 0 aromatic heterocycles. The smallest absolute Gasteiger partial charge is 0.0747 e. The molecule has 40 valence electrons. The van der Waals surface area contributed by atoms with Gasteiger partial charge >= 0.3 is 0 Å². The van der Waals surface area contributed by atoms with Crippen LogP contribution in [0.4, 0.5) is 0 Å². The van der Waals surface area contributed by atoms with E-state index in [-0.39, 0.29) is 0 Å². The van der Waals surface area contributed by atoms with Gasteiger partial charge in [0.25, 0.3) is 0 Å². The molecule has 1 aliphatic heterocycles. The van der Waals surface area contributed by atoms with Crippen LogP contribution in [0.5, 0.6) is 0 Å². The first-order valence-electron chi connectivity index (χ1n) is 2.47. The zero-order chi connectivity index (χ0) is 5.11. The van der Waals surface area contributed by atoms with Crippen LogP contribution in [0, 0.1) is 0 Å². The second-order valence-corrected chi connectivity index (χ2v) is 1.70. The fraction of sp³-hybridized carbons (Fsp3) is 0.800. The van der Waals surface area contributed by atoms with Gasteiger partial charge in [-0.3, -0.25) is 4.99 Å². The molecule has 7 heavy (non-hydrogen) atoms. The molecule has 1 aliphatic rings. The maximum absolute atomic E-state index is 5.01. The molecule has 0 bridgehead atoms. The minimum atomic E-state index is 0.389. The van der Waals surface area contributed by atoms with Crippen molar-refractivity contribution in [1.82, 2.24) is 0 Å². The lowest BCUT2D eigenvalue weighted by molar-refractivity contribution is 0.194. The van der Waals surface area contributed by atoms with Crippen molar-refractivity contribution in [2.75, 3.05) is 13.2 Å². The summed E-state index contributed by atoms with van der Waals surface area (Å²) in [5, 5.41) is 0. The summed E-state index contributed by atoms with van der Waals surface area (Å²) in [7, 11) is 0. The largest absolute Gasteiger partial charge is 0.379 e. The highest BCUT2D eigenvalue weighted by molar-refractivity contribution is 5.24. The van der Waals surface area contributed by atoms with E-state index in [9.17, 15) is 0 Å². The quantitative estimate of drug-likeness (QED) is 0.438. The second kappa shape index (κ2) is 2.07. The summed E-state index contributed by atoms with van der Waals surface area (Å²) >= 11 is 0. The van der Waals surface area contributed by atoms with Crippen molar-refractivity contribution in [3.8, 4) is 0 Å². The summed E-state index contributed by atoms with van der Waals surface area (Å²) < 4.78 is 5.01. The van der Waals surface area contributed by atoms with Crippen LogP contribution in [0.2, 0.25) is 0 Å². The van der Waals surface area contributed by atoms with Crippen molar-refractivity contribution in [2.24, 2.45) is 4.99 Å². The second-order valence-electron chi connectivity index (χ2n) is 1.70. The van der Waals surface area contributed by atoms with Crippen LogP contribution in [0.15, 0.2) is 4.99 Å². The molecule has 0 spiro atoms. The van der Waals surface area contributed by atoms with Crippen molar-refractivity contribution in [1.29, 1.82) is 0 Å². The van der Waals surface area contributed by atoms with Gasteiger partial charge in [-0.1, -0.05) is 0 Å². The lowest BCUT2D eigenvalue weighted by Crippen LogP contribution is -1.99. The zero-order valence-electron chi connectivity index (χ0n) is 4.26. The van der Waals surface area contributed by atoms with Gasteiger partial charge < -0.3 is 4.74 Å². The zero-order valence-corrected chi connectivity index (χ0v) is 4.26. The fourth-order valence-electron chi connectivity index (χ4n) is 0.666. The van der Waals surface area contributed by atoms with E-state index >= 15 is 0 Å². The van der Waals surface area contributed by atoms with Crippen LogP contribution in [-0.4, -0.2) is 26.0 Å². The van der Waals surface area contributed by atoms with Crippen molar-refractivity contribution >= 4 is 6.72 Å². The first kappa shape index (κ1) is 4.78. The molecule has 1 atom stereocenters. The Morgan fingerprint density at radius 1 is 1.71 bits per heavy atom. The Bertz CT molecular complexity index is 66.5. The molecule has 0 aromatic rings. The van der Waals surface area contributed by atoms with Gasteiger partial charge in [-0.15, -0.1) is 0 Å². The Morgan fingerprint density at radius 2 is 2.57 bits per heavy atom. The molecule has 0 aromatic carbocycles. The Balaban J connectivity index is 2.26. The molecule has 0 aliphatic carbocycles. The maximum atomic E-state index is 5.01. The van der Waals surface area contributed by atoms with Gasteiger partial charge in [0, 0.05) is 6.61 Å². The predicted molar refractivity (Wildman–Crippen MR) is 28.8 cm³/mol. The number of rotatable bonds is 1. The van der Waals surface area contributed by atoms with E-state index in [0.29, 0.717) is 6.04 Å². The van der Waals surface area contributed by atoms with Gasteiger partial charge in [-0.2, -0.15) is 0 Å². The van der Waals surface area contributed by atoms with E-state index < -0.39 is 0 Å². The summed E-state index contributed by atoms with van der Waals surface area (Å²) in [5.74, 6) is 0. The third-order valence-corrected chi connectivity index (χ3v) is 1.16. The molecule has 0 amide bonds. The fourth-order valence-corrected chi connectivity index (χ4v) is 0.666. The van der Waals surface area contributed by atoms with E-state index in [1.807, 2.05) is 0 Å². The molecule has 1 saturated heterocycles. The summed E-state index contributed by atoms with van der Waals surface area (Å²) in [6.45, 7) is 5.06. The molecule has 1 unspecified atom stereocenters. The van der Waals surface area contributed by atoms with Crippen LogP contribution in [-0.2, 0) is 4.74 Å². The average molecular weight is 99.1 g/mol. The van der Waals surface area contributed by atoms with Gasteiger partial charge in [0.1, 0.15) is 0 Å². The highest BCUT2D eigenvalue weighted by Crippen LogP contribution is 2.05. The van der Waals surface area contributed by atoms with Crippen molar-refractivity contribution in [3.63, 3.8) is 0 Å². The number of hydrogen-bond donors (Lipinski definition) is 0. The lowest BCUT2D eigenvalue weighted by Gasteiger charge is -1.92. The van der Waals surface area contributed by atoms with Gasteiger partial charge in [0.15, 0.2) is 0 Å². The molecule has 0 saturated carbocycles. The normalized spacial score (nSPS) is 30.6. The number of aliphatic imine (C=N–C) groups is 1. The predicted octanol–water partition coefficient (Wildman–Crippen LogP) is 0.476. The van der Waals surface area contributed by atoms with Crippen molar-refractivity contribution in [2.45, 2.75) is 12.5 Å². The molecular formula is C5H9NO. The van der Waals surface area contributed by atoms with E-state index in [4.69, 9.17) is 4.74 Å². The maximum Gasteiger partial charge on any atom is 0.0747 e. The molecule has 1 heterocycles. The lowest BCUT2D eigenvalue weighted by atomic mass is 10.3. The number of hydrogen-bond acceptors (Lipinski definition) is 2. The SMILES string of the molecule is C=NC1CCOC1. The van der Waals surface area contributed by atoms with E-state index in [1.54, 1.807) is 0 Å². The van der Waals surface area contributed by atoms with Gasteiger partial charge in [0.05, 0.1) is 12.6 Å². The summed E-state index contributed by atoms with van der Waals surface area (Å²) in [4.78, 5) is 3.81. The number of ether oxygens (including phenoxy) is 1. The summed E-state index contributed by atoms with van der Waals surface area (Å²) in [6, 6.07) is 0.389. The minimum Gasteiger partial charge on any atom is -0.379 e. The van der Waals surface area contributed by atoms with Gasteiger partial charge in [-0.25, -0.2) is 0 Å². The van der Waals surface area contributed by atoms with Crippen LogP contribution < -0.4 is 0 Å². The topological polar surface area (TPSA) is 21.6 Å². The molecule has 0 radical (unpaired) electrons. The highest BCUT2D eigenvalue weighted by atomic mass is 16.5. The Morgan fingerprint density at radius 3 is 2.86 bits per heavy atom. The monoisotopic (exact) mass is 99.1 g/mol. The van der Waals surface area contributed by atoms with Gasteiger partial charge in [-0.05, 0) is 13.1 Å². The molecule has 2 heteroatoms. The van der Waals surface area contributed by atoms with Crippen molar-refractivity contribution in [3.05, 3.63) is 0 Å². The molecule has 0 N–H and O–H groups in total. The van der Waals surface area contributed by atoms with Crippen molar-refractivity contribution < 1.29 is 4.74 Å². The number of nitrogens with zero attached hydrogens (tertiary/aromatic N) is 1. The third kappa shape index (κ3) is 0.996. The highest BCUT2D eigenvalue weighted by Gasteiger charge is 2.11. The molecular weight excluding hydrogens is 90.1 g/mol. The first-order chi connectivity index (χ1) is 3.43. The first-order valence-corrected chi connectivity index (χ1v) is 2.47. The van der Waals surface area contributed by atoms with E-state index in [0.717, 1.165) is 19.6 Å². The standard InChI is InChI=1S/C5H9NO/c1-6-5-2-3-7-4-5/h5H,1-4H2. The van der Waals surface area contributed by atoms with Gasteiger partial charge in [0.2, 0.25) is 0 Å². The van der Waals surface area contributed by atoms with E-state index in [2.05, 4.69) is 11.7 Å². The molecule has 1 fully saturated rings. The van der Waals surface area contributed by atoms with Crippen LogP contribution in [0.25, 0.3) is 0 Å². The Kier molecular flexibility index (Phi) is 1.42. The van der Waals surface area contributed by atoms with Crippen LogP contribution in [0.1, 0.15) is 6.42 Å². The average Bonchev–Trinajstić information content (AvgIpc) is 2.14.